The zero-order valence-corrected chi connectivity index (χ0v) is 10.7. The van der Waals surface area contributed by atoms with E-state index in [2.05, 4.69) is 30.9 Å². The molecule has 0 atom stereocenters. The second kappa shape index (κ2) is 4.73. The van der Waals surface area contributed by atoms with E-state index in [1.165, 1.54) is 0 Å². The van der Waals surface area contributed by atoms with Crippen LogP contribution < -0.4 is 0 Å². The summed E-state index contributed by atoms with van der Waals surface area (Å²) in [4.78, 5) is 4.25. The molecule has 1 saturated heterocycles. The summed E-state index contributed by atoms with van der Waals surface area (Å²) in [5, 5.41) is 5.14. The van der Waals surface area contributed by atoms with Gasteiger partial charge >= 0.3 is 0 Å². The van der Waals surface area contributed by atoms with Crippen LogP contribution in [0.15, 0.2) is 11.5 Å². The molecule has 0 spiro atoms. The Kier molecular flexibility index (Phi) is 3.51. The minimum absolute atomic E-state index is 0.0454. The second-order valence-corrected chi connectivity index (χ2v) is 5.59. The fraction of sp³-hybridized carbons (Fsp3) is 0.800. The lowest BCUT2D eigenvalue weighted by molar-refractivity contribution is -0.0215. The fourth-order valence-corrected chi connectivity index (χ4v) is 2.48. The van der Waals surface area contributed by atoms with Crippen LogP contribution in [0, 0.1) is 0 Å². The van der Waals surface area contributed by atoms with E-state index >= 15 is 0 Å². The Labute approximate surface area is 99.5 Å². The fourth-order valence-electron chi connectivity index (χ4n) is 1.44. The van der Waals surface area contributed by atoms with Gasteiger partial charge in [0.15, 0.2) is 11.4 Å². The Balaban J connectivity index is 1.96. The first-order valence-corrected chi connectivity index (χ1v) is 6.32. The SMILES string of the molecule is CC(C)(C)n1ncnc1SCC1OCCO1. The van der Waals surface area contributed by atoms with Gasteiger partial charge in [-0.2, -0.15) is 5.10 Å². The second-order valence-electron chi connectivity index (χ2n) is 4.61. The minimum atomic E-state index is -0.102. The predicted octanol–water partition coefficient (Wildman–Crippen LogP) is 1.50. The third-order valence-electron chi connectivity index (χ3n) is 2.19. The van der Waals surface area contributed by atoms with Crippen molar-refractivity contribution >= 4 is 11.8 Å². The molecule has 0 N–H and O–H groups in total. The maximum absolute atomic E-state index is 5.38. The summed E-state index contributed by atoms with van der Waals surface area (Å²) in [5.41, 5.74) is -0.0454. The topological polar surface area (TPSA) is 49.2 Å². The molecule has 0 aliphatic carbocycles. The molecule has 5 nitrogen and oxygen atoms in total. The molecular weight excluding hydrogens is 226 g/mol. The number of rotatable bonds is 3. The monoisotopic (exact) mass is 243 g/mol. The van der Waals surface area contributed by atoms with Gasteiger partial charge in [-0.1, -0.05) is 11.8 Å². The van der Waals surface area contributed by atoms with Gasteiger partial charge in [0, 0.05) is 0 Å². The molecule has 16 heavy (non-hydrogen) atoms. The molecule has 1 aliphatic rings. The maximum Gasteiger partial charge on any atom is 0.186 e. The summed E-state index contributed by atoms with van der Waals surface area (Å²) in [6.45, 7) is 7.70. The van der Waals surface area contributed by atoms with Crippen molar-refractivity contribution in [2.75, 3.05) is 19.0 Å². The summed E-state index contributed by atoms with van der Waals surface area (Å²) in [6.07, 6.45) is 1.49. The number of hydrogen-bond donors (Lipinski definition) is 0. The Morgan fingerprint density at radius 3 is 2.75 bits per heavy atom. The van der Waals surface area contributed by atoms with Gasteiger partial charge < -0.3 is 9.47 Å². The first-order chi connectivity index (χ1) is 7.57. The summed E-state index contributed by atoms with van der Waals surface area (Å²) < 4.78 is 12.7. The number of ether oxygens (including phenoxy) is 2. The van der Waals surface area contributed by atoms with Gasteiger partial charge in [0.1, 0.15) is 6.33 Å². The molecule has 0 radical (unpaired) electrons. The standard InChI is InChI=1S/C10H17N3O2S/c1-10(2,3)13-9(11-7-12-13)16-6-8-14-4-5-15-8/h7-8H,4-6H2,1-3H3. The van der Waals surface area contributed by atoms with Crippen LogP contribution in [0.3, 0.4) is 0 Å². The van der Waals surface area contributed by atoms with Crippen LogP contribution in [0.2, 0.25) is 0 Å². The van der Waals surface area contributed by atoms with Crippen LogP contribution in [0.5, 0.6) is 0 Å². The number of nitrogens with zero attached hydrogens (tertiary/aromatic N) is 3. The van der Waals surface area contributed by atoms with Crippen LogP contribution in [-0.2, 0) is 15.0 Å². The normalized spacial score (nSPS) is 18.2. The van der Waals surface area contributed by atoms with E-state index in [0.29, 0.717) is 13.2 Å². The molecule has 2 heterocycles. The van der Waals surface area contributed by atoms with E-state index < -0.39 is 0 Å². The highest BCUT2D eigenvalue weighted by atomic mass is 32.2. The quantitative estimate of drug-likeness (QED) is 0.753. The zero-order valence-electron chi connectivity index (χ0n) is 9.84. The van der Waals surface area contributed by atoms with Gasteiger partial charge in [0.05, 0.1) is 24.5 Å². The molecule has 0 amide bonds. The van der Waals surface area contributed by atoms with Crippen molar-refractivity contribution in [1.82, 2.24) is 14.8 Å². The lowest BCUT2D eigenvalue weighted by atomic mass is 10.1. The number of thioether (sulfide) groups is 1. The van der Waals surface area contributed by atoms with Gasteiger partial charge in [-0.15, -0.1) is 0 Å². The minimum Gasteiger partial charge on any atom is -0.349 e. The highest BCUT2D eigenvalue weighted by molar-refractivity contribution is 7.99. The van der Waals surface area contributed by atoms with Crippen molar-refractivity contribution in [1.29, 1.82) is 0 Å². The Morgan fingerprint density at radius 2 is 2.12 bits per heavy atom. The summed E-state index contributed by atoms with van der Waals surface area (Å²) in [6, 6.07) is 0. The lowest BCUT2D eigenvalue weighted by Gasteiger charge is -2.21. The molecule has 2 rings (SSSR count). The van der Waals surface area contributed by atoms with Crippen molar-refractivity contribution in [3.05, 3.63) is 6.33 Å². The van der Waals surface area contributed by atoms with Gasteiger partial charge in [0.2, 0.25) is 0 Å². The van der Waals surface area contributed by atoms with Crippen LogP contribution in [0.25, 0.3) is 0 Å². The van der Waals surface area contributed by atoms with E-state index in [1.807, 2.05) is 4.68 Å². The average molecular weight is 243 g/mol. The molecule has 0 bridgehead atoms. The first-order valence-electron chi connectivity index (χ1n) is 5.34. The molecule has 0 saturated carbocycles. The molecule has 0 unspecified atom stereocenters. The number of hydrogen-bond acceptors (Lipinski definition) is 5. The van der Waals surface area contributed by atoms with Crippen LogP contribution in [-0.4, -0.2) is 40.0 Å². The highest BCUT2D eigenvalue weighted by Crippen LogP contribution is 2.23. The number of aromatic nitrogens is 3. The molecule has 1 aliphatic heterocycles. The van der Waals surface area contributed by atoms with Crippen molar-refractivity contribution < 1.29 is 9.47 Å². The smallest absolute Gasteiger partial charge is 0.186 e. The van der Waals surface area contributed by atoms with E-state index in [-0.39, 0.29) is 11.8 Å². The van der Waals surface area contributed by atoms with Gasteiger partial charge in [-0.05, 0) is 20.8 Å². The van der Waals surface area contributed by atoms with Gasteiger partial charge in [0.25, 0.3) is 0 Å². The first kappa shape index (κ1) is 11.9. The van der Waals surface area contributed by atoms with Gasteiger partial charge in [-0.25, -0.2) is 9.67 Å². The summed E-state index contributed by atoms with van der Waals surface area (Å²) in [5.74, 6) is 0.759. The van der Waals surface area contributed by atoms with Crippen molar-refractivity contribution in [2.45, 2.75) is 37.8 Å². The molecule has 0 aromatic carbocycles. The third-order valence-corrected chi connectivity index (χ3v) is 3.17. The predicted molar refractivity (Wildman–Crippen MR) is 61.4 cm³/mol. The maximum atomic E-state index is 5.38. The van der Waals surface area contributed by atoms with Crippen LogP contribution in [0.1, 0.15) is 20.8 Å². The lowest BCUT2D eigenvalue weighted by Crippen LogP contribution is -2.24. The van der Waals surface area contributed by atoms with Crippen LogP contribution in [0.4, 0.5) is 0 Å². The average Bonchev–Trinajstić information content (AvgIpc) is 2.85. The summed E-state index contributed by atoms with van der Waals surface area (Å²) >= 11 is 1.62. The highest BCUT2D eigenvalue weighted by Gasteiger charge is 2.21. The summed E-state index contributed by atoms with van der Waals surface area (Å²) in [7, 11) is 0. The van der Waals surface area contributed by atoms with E-state index in [0.717, 1.165) is 10.9 Å². The molecule has 90 valence electrons. The van der Waals surface area contributed by atoms with E-state index in [9.17, 15) is 0 Å². The Bertz CT molecular complexity index is 342. The van der Waals surface area contributed by atoms with E-state index in [1.54, 1.807) is 18.1 Å². The molecule has 1 aromatic heterocycles. The Morgan fingerprint density at radius 1 is 1.44 bits per heavy atom. The zero-order chi connectivity index (χ0) is 11.6. The largest absolute Gasteiger partial charge is 0.349 e. The molecule has 1 aromatic rings. The third kappa shape index (κ3) is 2.75. The van der Waals surface area contributed by atoms with Gasteiger partial charge in [-0.3, -0.25) is 0 Å². The van der Waals surface area contributed by atoms with Crippen molar-refractivity contribution in [3.63, 3.8) is 0 Å². The molecule has 1 fully saturated rings. The van der Waals surface area contributed by atoms with Crippen molar-refractivity contribution in [3.8, 4) is 0 Å². The molecule has 6 heteroatoms. The van der Waals surface area contributed by atoms with Crippen LogP contribution >= 0.6 is 11.8 Å². The van der Waals surface area contributed by atoms with Crippen molar-refractivity contribution in [2.24, 2.45) is 0 Å². The Hall–Kier alpha value is -0.590. The molecular formula is C10H17N3O2S. The van der Waals surface area contributed by atoms with E-state index in [4.69, 9.17) is 9.47 Å².